The van der Waals surface area contributed by atoms with Crippen molar-refractivity contribution in [1.82, 2.24) is 25.1 Å². The lowest BCUT2D eigenvalue weighted by atomic mass is 10.0. The Labute approximate surface area is 230 Å². The van der Waals surface area contributed by atoms with Crippen molar-refractivity contribution in [2.24, 2.45) is 4.99 Å². The zero-order valence-corrected chi connectivity index (χ0v) is 23.0. The maximum Gasteiger partial charge on any atom is 0.573 e. The first-order valence-corrected chi connectivity index (χ1v) is 15.0. The van der Waals surface area contributed by atoms with Gasteiger partial charge in [-0.25, -0.2) is 23.1 Å². The van der Waals surface area contributed by atoms with Gasteiger partial charge in [-0.2, -0.15) is 0 Å². The Hall–Kier alpha value is -3.39. The Bertz CT molecular complexity index is 1430. The van der Waals surface area contributed by atoms with Crippen LogP contribution in [-0.2, 0) is 27.6 Å². The summed E-state index contributed by atoms with van der Waals surface area (Å²) in [6.07, 6.45) is 3.96. The Morgan fingerprint density at radius 3 is 2.58 bits per heavy atom. The number of sulfone groups is 1. The van der Waals surface area contributed by atoms with E-state index in [0.717, 1.165) is 37.2 Å². The molecule has 1 aliphatic carbocycles. The van der Waals surface area contributed by atoms with Crippen LogP contribution >= 0.6 is 0 Å². The monoisotopic (exact) mass is 580 g/mol. The van der Waals surface area contributed by atoms with Crippen LogP contribution in [0.25, 0.3) is 0 Å². The zero-order chi connectivity index (χ0) is 28.5. The average Bonchev–Trinajstić information content (AvgIpc) is 3.50. The number of hydrogen-bond acceptors (Lipinski definition) is 9. The molecular weight excluding hydrogens is 549 g/mol. The second-order valence-electron chi connectivity index (χ2n) is 10.2. The SMILES string of the molecule is Cc1nc(C2=NC(Cc3ccc(OC(F)(F)F)cc3)NO2)nn1CC1=CC(N2CCC(S(C)(=O)=O)CC2)=CCC1. The van der Waals surface area contributed by atoms with Crippen LogP contribution in [0.1, 0.15) is 42.9 Å². The molecule has 1 aromatic carbocycles. The number of ether oxygens (including phenoxy) is 1. The molecule has 0 amide bonds. The molecule has 3 heterocycles. The molecule has 10 nitrogen and oxygen atoms in total. The second kappa shape index (κ2) is 11.2. The molecule has 0 saturated carbocycles. The Balaban J connectivity index is 1.19. The minimum Gasteiger partial charge on any atom is -0.406 e. The van der Waals surface area contributed by atoms with Crippen LogP contribution in [0, 0.1) is 6.92 Å². The minimum atomic E-state index is -4.73. The molecule has 5 rings (SSSR count). The van der Waals surface area contributed by atoms with Crippen molar-refractivity contribution in [3.05, 3.63) is 64.9 Å². The van der Waals surface area contributed by atoms with Crippen molar-refractivity contribution in [2.45, 2.75) is 63.4 Å². The maximum atomic E-state index is 12.4. The third kappa shape index (κ3) is 7.02. The van der Waals surface area contributed by atoms with Crippen LogP contribution in [0.2, 0.25) is 0 Å². The molecule has 2 aromatic rings. The summed E-state index contributed by atoms with van der Waals surface area (Å²) in [6.45, 7) is 3.86. The molecular formula is C26H31F3N6O4S. The number of allylic oxidation sites excluding steroid dienone is 3. The van der Waals surface area contributed by atoms with E-state index in [4.69, 9.17) is 4.84 Å². The summed E-state index contributed by atoms with van der Waals surface area (Å²) in [6, 6.07) is 5.60. The van der Waals surface area contributed by atoms with Crippen LogP contribution in [0.3, 0.4) is 0 Å². The van der Waals surface area contributed by atoms with E-state index in [2.05, 4.69) is 42.3 Å². The smallest absolute Gasteiger partial charge is 0.406 e. The van der Waals surface area contributed by atoms with E-state index < -0.39 is 22.4 Å². The molecule has 14 heteroatoms. The van der Waals surface area contributed by atoms with E-state index in [0.29, 0.717) is 37.5 Å². The Morgan fingerprint density at radius 1 is 1.18 bits per heavy atom. The number of halogens is 3. The van der Waals surface area contributed by atoms with Gasteiger partial charge in [0.05, 0.1) is 11.8 Å². The number of benzene rings is 1. The van der Waals surface area contributed by atoms with Crippen molar-refractivity contribution in [2.75, 3.05) is 19.3 Å². The third-order valence-corrected chi connectivity index (χ3v) is 8.82. The van der Waals surface area contributed by atoms with Gasteiger partial charge in [0.15, 0.2) is 0 Å². The van der Waals surface area contributed by atoms with Gasteiger partial charge < -0.3 is 14.5 Å². The molecule has 40 heavy (non-hydrogen) atoms. The number of alkyl halides is 3. The third-order valence-electron chi connectivity index (χ3n) is 7.14. The molecule has 1 unspecified atom stereocenters. The van der Waals surface area contributed by atoms with Gasteiger partial charge in [-0.3, -0.25) is 0 Å². The molecule has 216 valence electrons. The largest absolute Gasteiger partial charge is 0.573 e. The summed E-state index contributed by atoms with van der Waals surface area (Å²) in [5, 5.41) is 4.33. The predicted octanol–water partition coefficient (Wildman–Crippen LogP) is 3.45. The quantitative estimate of drug-likeness (QED) is 0.506. The second-order valence-corrected chi connectivity index (χ2v) is 12.5. The number of likely N-dealkylation sites (tertiary alicyclic amines) is 1. The number of aromatic nitrogens is 3. The van der Waals surface area contributed by atoms with Crippen LogP contribution in [0.4, 0.5) is 13.2 Å². The fourth-order valence-corrected chi connectivity index (χ4v) is 6.11. The summed E-state index contributed by atoms with van der Waals surface area (Å²) in [5.74, 6) is 1.01. The van der Waals surface area contributed by atoms with Gasteiger partial charge in [-0.05, 0) is 62.0 Å². The molecule has 1 saturated heterocycles. The van der Waals surface area contributed by atoms with E-state index >= 15 is 0 Å². The molecule has 1 atom stereocenters. The van der Waals surface area contributed by atoms with Gasteiger partial charge in [0.1, 0.15) is 27.6 Å². The fourth-order valence-electron chi connectivity index (χ4n) is 5.04. The highest BCUT2D eigenvalue weighted by Gasteiger charge is 2.31. The van der Waals surface area contributed by atoms with Crippen molar-refractivity contribution in [1.29, 1.82) is 0 Å². The Kier molecular flexibility index (Phi) is 7.91. The van der Waals surface area contributed by atoms with Gasteiger partial charge in [-0.1, -0.05) is 18.2 Å². The number of piperidine rings is 1. The number of nitrogens with one attached hydrogen (secondary N) is 1. The van der Waals surface area contributed by atoms with E-state index in [1.54, 1.807) is 16.8 Å². The maximum absolute atomic E-state index is 12.4. The number of hydrogen-bond donors (Lipinski definition) is 1. The lowest BCUT2D eigenvalue weighted by Gasteiger charge is -2.34. The highest BCUT2D eigenvalue weighted by atomic mass is 32.2. The average molecular weight is 581 g/mol. The number of aryl methyl sites for hydroxylation is 1. The summed E-state index contributed by atoms with van der Waals surface area (Å²) < 4.78 is 66.6. The van der Waals surface area contributed by atoms with E-state index in [1.807, 2.05) is 6.92 Å². The molecule has 2 aliphatic heterocycles. The molecule has 3 aliphatic rings. The van der Waals surface area contributed by atoms with Crippen molar-refractivity contribution < 1.29 is 31.2 Å². The summed E-state index contributed by atoms with van der Waals surface area (Å²) in [4.78, 5) is 16.8. The molecule has 0 radical (unpaired) electrons. The summed E-state index contributed by atoms with van der Waals surface area (Å²) in [7, 11) is -3.01. The van der Waals surface area contributed by atoms with E-state index in [9.17, 15) is 21.6 Å². The van der Waals surface area contributed by atoms with Gasteiger partial charge >= 0.3 is 6.36 Å². The predicted molar refractivity (Wildman–Crippen MR) is 141 cm³/mol. The highest BCUT2D eigenvalue weighted by Crippen LogP contribution is 2.27. The van der Waals surface area contributed by atoms with Gasteiger partial charge in [-0.15, -0.1) is 23.8 Å². The van der Waals surface area contributed by atoms with Crippen molar-refractivity contribution >= 4 is 15.7 Å². The van der Waals surface area contributed by atoms with Gasteiger partial charge in [0, 0.05) is 31.5 Å². The van der Waals surface area contributed by atoms with E-state index in [1.165, 1.54) is 24.0 Å². The number of nitrogens with zero attached hydrogens (tertiary/aromatic N) is 5. The van der Waals surface area contributed by atoms with Crippen molar-refractivity contribution in [3.63, 3.8) is 0 Å². The number of aliphatic imine (C=N–C) groups is 1. The zero-order valence-electron chi connectivity index (χ0n) is 22.2. The summed E-state index contributed by atoms with van der Waals surface area (Å²) >= 11 is 0. The topological polar surface area (TPSA) is 111 Å². The number of hydroxylamine groups is 1. The molecule has 1 aromatic heterocycles. The van der Waals surface area contributed by atoms with Crippen molar-refractivity contribution in [3.8, 4) is 5.75 Å². The first-order chi connectivity index (χ1) is 18.9. The van der Waals surface area contributed by atoms with Crippen LogP contribution in [0.15, 0.2) is 52.7 Å². The highest BCUT2D eigenvalue weighted by molar-refractivity contribution is 7.91. The van der Waals surface area contributed by atoms with Crippen LogP contribution in [0.5, 0.6) is 5.75 Å². The summed E-state index contributed by atoms with van der Waals surface area (Å²) in [5.41, 5.74) is 5.88. The van der Waals surface area contributed by atoms with Crippen LogP contribution < -0.4 is 10.2 Å². The number of rotatable bonds is 8. The fraction of sp³-hybridized carbons (Fsp3) is 0.500. The minimum absolute atomic E-state index is 0.246. The molecule has 0 bridgehead atoms. The van der Waals surface area contributed by atoms with Crippen LogP contribution in [-0.4, -0.2) is 71.1 Å². The Morgan fingerprint density at radius 2 is 1.90 bits per heavy atom. The lowest BCUT2D eigenvalue weighted by Crippen LogP contribution is -2.38. The molecule has 1 fully saturated rings. The van der Waals surface area contributed by atoms with E-state index in [-0.39, 0.29) is 16.9 Å². The first kappa shape index (κ1) is 28.1. The van der Waals surface area contributed by atoms with Gasteiger partial charge in [0.2, 0.25) is 5.82 Å². The first-order valence-electron chi connectivity index (χ1n) is 13.0. The van der Waals surface area contributed by atoms with Gasteiger partial charge in [0.25, 0.3) is 5.90 Å². The lowest BCUT2D eigenvalue weighted by molar-refractivity contribution is -0.274. The normalized spacial score (nSPS) is 20.6. The standard InChI is InChI=1S/C26H31F3N6O4S/c1-17-30-24(25-31-23(33-39-25)15-18-6-8-21(9-7-18)38-26(27,28)29)32-35(17)16-19-4-3-5-20(14-19)34-12-10-22(11-13-34)40(2,36)37/h5-9,14,22-23,33H,3-4,10-13,15-16H2,1-2H3. The molecule has 0 spiro atoms. The molecule has 1 N–H and O–H groups in total.